The van der Waals surface area contributed by atoms with Gasteiger partial charge >= 0.3 is 6.09 Å². The molecule has 1 saturated heterocycles. The summed E-state index contributed by atoms with van der Waals surface area (Å²) >= 11 is 1.09. The van der Waals surface area contributed by atoms with Crippen LogP contribution in [-0.4, -0.2) is 34.9 Å². The summed E-state index contributed by atoms with van der Waals surface area (Å²) in [6.07, 6.45) is 2.66. The van der Waals surface area contributed by atoms with Crippen LogP contribution in [0.15, 0.2) is 40.4 Å². The second-order valence-corrected chi connectivity index (χ2v) is 7.78. The highest BCUT2D eigenvalue weighted by atomic mass is 32.2. The van der Waals surface area contributed by atoms with Gasteiger partial charge in [0, 0.05) is 11.6 Å². The molecule has 2 aromatic rings. The number of hydrogen-bond donors (Lipinski definition) is 1. The Morgan fingerprint density at radius 1 is 1.30 bits per heavy atom. The molecule has 27 heavy (non-hydrogen) atoms. The van der Waals surface area contributed by atoms with Crippen molar-refractivity contribution in [1.82, 2.24) is 10.3 Å². The van der Waals surface area contributed by atoms with Crippen LogP contribution in [-0.2, 0) is 9.53 Å². The lowest BCUT2D eigenvalue weighted by atomic mass is 10.1. The van der Waals surface area contributed by atoms with Crippen LogP contribution in [0, 0.1) is 0 Å². The molecule has 1 aromatic heterocycles. The van der Waals surface area contributed by atoms with Crippen molar-refractivity contribution in [1.29, 1.82) is 0 Å². The molecule has 140 valence electrons. The molecule has 0 aliphatic carbocycles. The van der Waals surface area contributed by atoms with Gasteiger partial charge in [-0.1, -0.05) is 6.07 Å². The Hall–Kier alpha value is -2.87. The second-order valence-electron chi connectivity index (χ2n) is 6.75. The van der Waals surface area contributed by atoms with Crippen LogP contribution in [0.5, 0.6) is 5.75 Å². The Bertz CT molecular complexity index is 977. The van der Waals surface area contributed by atoms with E-state index in [4.69, 9.17) is 9.47 Å². The standard InChI is InChI=1S/C19H19N3O4S/c1-19(2,3)26-18(24)22-17-21-16(23)15(27-17)10-11-5-6-13-12(9-11)14(25-4)7-8-20-13/h5-10H,1-4H3,(H,21,22,23,24). The fraction of sp³-hybridized carbons (Fsp3) is 0.263. The number of carbonyl (C=O) groups is 2. The fourth-order valence-electron chi connectivity index (χ4n) is 2.41. The molecule has 1 aromatic carbocycles. The number of methoxy groups -OCH3 is 1. The zero-order valence-electron chi connectivity index (χ0n) is 15.4. The van der Waals surface area contributed by atoms with Crippen molar-refractivity contribution in [2.24, 2.45) is 4.99 Å². The number of carbonyl (C=O) groups excluding carboxylic acids is 2. The van der Waals surface area contributed by atoms with Crippen molar-refractivity contribution in [3.05, 3.63) is 40.9 Å². The van der Waals surface area contributed by atoms with Crippen LogP contribution in [0.25, 0.3) is 17.0 Å². The highest BCUT2D eigenvalue weighted by Crippen LogP contribution is 2.29. The van der Waals surface area contributed by atoms with E-state index in [0.29, 0.717) is 10.7 Å². The summed E-state index contributed by atoms with van der Waals surface area (Å²) in [4.78, 5) is 32.5. The number of nitrogens with one attached hydrogen (secondary N) is 1. The molecule has 1 aliphatic rings. The molecular formula is C19H19N3O4S. The van der Waals surface area contributed by atoms with E-state index in [-0.39, 0.29) is 11.1 Å². The second kappa shape index (κ2) is 7.40. The zero-order valence-corrected chi connectivity index (χ0v) is 16.2. The lowest BCUT2D eigenvalue weighted by Gasteiger charge is -2.17. The summed E-state index contributed by atoms with van der Waals surface area (Å²) in [6.45, 7) is 5.25. The Kier molecular flexibility index (Phi) is 5.18. The molecule has 1 fully saturated rings. The van der Waals surface area contributed by atoms with E-state index in [0.717, 1.165) is 28.2 Å². The van der Waals surface area contributed by atoms with Gasteiger partial charge in [-0.05, 0) is 62.4 Å². The number of nitrogens with zero attached hydrogens (tertiary/aromatic N) is 2. The van der Waals surface area contributed by atoms with Crippen LogP contribution in [0.2, 0.25) is 0 Å². The number of hydrogen-bond acceptors (Lipinski definition) is 6. The zero-order chi connectivity index (χ0) is 19.6. The van der Waals surface area contributed by atoms with Crippen LogP contribution in [0.4, 0.5) is 4.79 Å². The van der Waals surface area contributed by atoms with Gasteiger partial charge in [-0.15, -0.1) is 0 Å². The molecule has 0 bridgehead atoms. The lowest BCUT2D eigenvalue weighted by molar-refractivity contribution is -0.115. The highest BCUT2D eigenvalue weighted by Gasteiger charge is 2.26. The van der Waals surface area contributed by atoms with Crippen molar-refractivity contribution in [2.75, 3.05) is 7.11 Å². The Labute approximate surface area is 160 Å². The SMILES string of the molecule is COc1ccnc2ccc(C=C3SC(=NC(=O)OC(C)(C)C)NC3=O)cc12. The van der Waals surface area contributed by atoms with Gasteiger partial charge in [0.2, 0.25) is 0 Å². The lowest BCUT2D eigenvalue weighted by Crippen LogP contribution is -2.25. The Balaban J connectivity index is 1.84. The Morgan fingerprint density at radius 3 is 2.78 bits per heavy atom. The van der Waals surface area contributed by atoms with Crippen molar-refractivity contribution in [3.63, 3.8) is 0 Å². The summed E-state index contributed by atoms with van der Waals surface area (Å²) < 4.78 is 10.5. The van der Waals surface area contributed by atoms with Gasteiger partial charge in [0.15, 0.2) is 5.17 Å². The van der Waals surface area contributed by atoms with Gasteiger partial charge in [-0.2, -0.15) is 4.99 Å². The number of rotatable bonds is 2. The minimum atomic E-state index is -0.743. The number of aromatic nitrogens is 1. The predicted molar refractivity (Wildman–Crippen MR) is 106 cm³/mol. The van der Waals surface area contributed by atoms with E-state index in [9.17, 15) is 9.59 Å². The summed E-state index contributed by atoms with van der Waals surface area (Å²) in [7, 11) is 1.60. The Morgan fingerprint density at radius 2 is 2.07 bits per heavy atom. The van der Waals surface area contributed by atoms with Crippen molar-refractivity contribution >= 4 is 45.9 Å². The smallest absolute Gasteiger partial charge is 0.436 e. The van der Waals surface area contributed by atoms with Gasteiger partial charge in [-0.25, -0.2) is 4.79 Å². The maximum Gasteiger partial charge on any atom is 0.436 e. The number of thioether (sulfide) groups is 1. The third-order valence-corrected chi connectivity index (χ3v) is 4.39. The molecule has 2 heterocycles. The van der Waals surface area contributed by atoms with Crippen LogP contribution in [0.3, 0.4) is 0 Å². The van der Waals surface area contributed by atoms with Crippen molar-refractivity contribution < 1.29 is 19.1 Å². The molecule has 0 atom stereocenters. The molecule has 0 radical (unpaired) electrons. The first-order chi connectivity index (χ1) is 12.7. The topological polar surface area (TPSA) is 89.9 Å². The number of fused-ring (bicyclic) bond motifs is 1. The molecule has 8 heteroatoms. The van der Waals surface area contributed by atoms with Crippen LogP contribution >= 0.6 is 11.8 Å². The monoisotopic (exact) mass is 385 g/mol. The summed E-state index contributed by atoms with van der Waals surface area (Å²) in [5.74, 6) is 0.386. The molecule has 0 saturated carbocycles. The van der Waals surface area contributed by atoms with E-state index in [2.05, 4.69) is 15.3 Å². The first-order valence-corrected chi connectivity index (χ1v) is 9.02. The quantitative estimate of drug-likeness (QED) is 0.792. The number of pyridine rings is 1. The summed E-state index contributed by atoms with van der Waals surface area (Å²) in [5, 5.41) is 3.61. The number of ether oxygens (including phenoxy) is 2. The third-order valence-electron chi connectivity index (χ3n) is 3.48. The number of amides is 2. The number of benzene rings is 1. The van der Waals surface area contributed by atoms with Crippen LogP contribution < -0.4 is 10.1 Å². The minimum Gasteiger partial charge on any atom is -0.496 e. The van der Waals surface area contributed by atoms with E-state index in [1.54, 1.807) is 46.2 Å². The van der Waals surface area contributed by atoms with Gasteiger partial charge in [0.25, 0.3) is 5.91 Å². The van der Waals surface area contributed by atoms with Gasteiger partial charge in [0.05, 0.1) is 17.5 Å². The molecule has 7 nitrogen and oxygen atoms in total. The number of amidine groups is 1. The van der Waals surface area contributed by atoms with Crippen molar-refractivity contribution in [3.8, 4) is 5.75 Å². The maximum absolute atomic E-state index is 12.2. The highest BCUT2D eigenvalue weighted by molar-refractivity contribution is 8.18. The first kappa shape index (κ1) is 18.9. The summed E-state index contributed by atoms with van der Waals surface area (Å²) in [6, 6.07) is 7.39. The average Bonchev–Trinajstić information content (AvgIpc) is 2.91. The van der Waals surface area contributed by atoms with E-state index in [1.807, 2.05) is 18.2 Å². The molecule has 0 spiro atoms. The van der Waals surface area contributed by atoms with E-state index in [1.165, 1.54) is 0 Å². The van der Waals surface area contributed by atoms with Crippen molar-refractivity contribution in [2.45, 2.75) is 26.4 Å². The van der Waals surface area contributed by atoms with E-state index < -0.39 is 11.7 Å². The van der Waals surface area contributed by atoms with Crippen LogP contribution in [0.1, 0.15) is 26.3 Å². The van der Waals surface area contributed by atoms with Gasteiger partial charge in [0.1, 0.15) is 11.4 Å². The van der Waals surface area contributed by atoms with Gasteiger partial charge in [-0.3, -0.25) is 9.78 Å². The average molecular weight is 385 g/mol. The van der Waals surface area contributed by atoms with Gasteiger partial charge < -0.3 is 14.8 Å². The fourth-order valence-corrected chi connectivity index (χ4v) is 3.22. The number of aliphatic imine (C=N–C) groups is 1. The third kappa shape index (κ3) is 4.65. The molecule has 2 amide bonds. The first-order valence-electron chi connectivity index (χ1n) is 8.20. The predicted octanol–water partition coefficient (Wildman–Crippen LogP) is 3.74. The molecule has 3 rings (SSSR count). The molecule has 1 aliphatic heterocycles. The molecular weight excluding hydrogens is 366 g/mol. The molecule has 1 N–H and O–H groups in total. The summed E-state index contributed by atoms with van der Waals surface area (Å²) in [5.41, 5.74) is 0.961. The van der Waals surface area contributed by atoms with E-state index >= 15 is 0 Å². The minimum absolute atomic E-state index is 0.195. The maximum atomic E-state index is 12.2. The molecule has 0 unspecified atom stereocenters. The largest absolute Gasteiger partial charge is 0.496 e. The normalized spacial score (nSPS) is 17.4.